The van der Waals surface area contributed by atoms with Gasteiger partial charge in [-0.05, 0) is 37.3 Å². The van der Waals surface area contributed by atoms with Crippen LogP contribution in [0.2, 0.25) is 0 Å². The number of amides is 1. The number of aromatic nitrogens is 4. The summed E-state index contributed by atoms with van der Waals surface area (Å²) >= 11 is 0. The number of ether oxygens (including phenoxy) is 1. The second-order valence-corrected chi connectivity index (χ2v) is 6.80. The van der Waals surface area contributed by atoms with Gasteiger partial charge in [0, 0.05) is 30.9 Å². The molecule has 1 aliphatic heterocycles. The highest BCUT2D eigenvalue weighted by Gasteiger charge is 2.16. The fourth-order valence-electron chi connectivity index (χ4n) is 3.42. The van der Waals surface area contributed by atoms with Crippen LogP contribution in [0.1, 0.15) is 29.6 Å². The largest absolute Gasteiger partial charge is 0.381 e. The van der Waals surface area contributed by atoms with Gasteiger partial charge >= 0.3 is 5.69 Å². The van der Waals surface area contributed by atoms with Gasteiger partial charge in [-0.25, -0.2) is 14.8 Å². The lowest BCUT2D eigenvalue weighted by Crippen LogP contribution is -2.22. The number of imidazole rings is 1. The van der Waals surface area contributed by atoms with Gasteiger partial charge in [0.25, 0.3) is 0 Å². The quantitative estimate of drug-likeness (QED) is 0.712. The molecule has 0 saturated carbocycles. The van der Waals surface area contributed by atoms with E-state index in [4.69, 9.17) is 10.5 Å². The molecule has 0 radical (unpaired) electrons. The first-order valence-corrected chi connectivity index (χ1v) is 9.05. The number of nitrogens with zero attached hydrogens (tertiary/aromatic N) is 3. The van der Waals surface area contributed by atoms with Crippen molar-refractivity contribution in [2.75, 3.05) is 13.2 Å². The summed E-state index contributed by atoms with van der Waals surface area (Å²) < 4.78 is 7.04. The van der Waals surface area contributed by atoms with E-state index in [1.165, 1.54) is 0 Å². The Labute approximate surface area is 155 Å². The molecule has 3 aromatic rings. The highest BCUT2D eigenvalue weighted by Crippen LogP contribution is 2.21. The Morgan fingerprint density at radius 2 is 2.00 bits per heavy atom. The van der Waals surface area contributed by atoms with Crippen molar-refractivity contribution < 1.29 is 9.53 Å². The van der Waals surface area contributed by atoms with Crippen molar-refractivity contribution in [3.63, 3.8) is 0 Å². The summed E-state index contributed by atoms with van der Waals surface area (Å²) in [6.45, 7) is 2.18. The third-order valence-electron chi connectivity index (χ3n) is 5.05. The van der Waals surface area contributed by atoms with Crippen molar-refractivity contribution in [1.29, 1.82) is 0 Å². The van der Waals surface area contributed by atoms with Gasteiger partial charge in [-0.3, -0.25) is 14.3 Å². The van der Waals surface area contributed by atoms with Crippen LogP contribution in [0.15, 0.2) is 35.3 Å². The van der Waals surface area contributed by atoms with Crippen LogP contribution in [0.3, 0.4) is 0 Å². The van der Waals surface area contributed by atoms with E-state index in [2.05, 4.69) is 15.0 Å². The van der Waals surface area contributed by atoms with Crippen LogP contribution in [-0.2, 0) is 11.3 Å². The number of nitrogens with two attached hydrogens (primary N) is 1. The topological polar surface area (TPSA) is 116 Å². The summed E-state index contributed by atoms with van der Waals surface area (Å²) in [4.78, 5) is 35.3. The molecule has 1 saturated heterocycles. The molecule has 1 amide bonds. The van der Waals surface area contributed by atoms with Crippen LogP contribution in [0.5, 0.6) is 0 Å². The number of aryl methyl sites for hydroxylation is 1. The van der Waals surface area contributed by atoms with Gasteiger partial charge < -0.3 is 10.5 Å². The fraction of sp³-hybridized carbons (Fsp3) is 0.368. The minimum atomic E-state index is -0.476. The average Bonchev–Trinajstić information content (AvgIpc) is 3.01. The molecule has 2 aromatic heterocycles. The highest BCUT2D eigenvalue weighted by molar-refractivity contribution is 5.93. The van der Waals surface area contributed by atoms with Crippen LogP contribution in [-0.4, -0.2) is 38.6 Å². The summed E-state index contributed by atoms with van der Waals surface area (Å²) in [6.07, 6.45) is 4.58. The lowest BCUT2D eigenvalue weighted by atomic mass is 9.97. The SMILES string of the molecule is NC(=O)c1ccc(-c2cnc3[nH]c(=O)n(CCC4CCOCC4)c3n2)cc1. The van der Waals surface area contributed by atoms with Gasteiger partial charge in [0.15, 0.2) is 11.3 Å². The molecule has 0 spiro atoms. The molecule has 0 unspecified atom stereocenters. The summed E-state index contributed by atoms with van der Waals surface area (Å²) in [6, 6.07) is 6.85. The molecule has 8 nitrogen and oxygen atoms in total. The van der Waals surface area contributed by atoms with E-state index in [-0.39, 0.29) is 5.69 Å². The first kappa shape index (κ1) is 17.4. The van der Waals surface area contributed by atoms with Gasteiger partial charge in [-0.15, -0.1) is 0 Å². The predicted molar refractivity (Wildman–Crippen MR) is 100 cm³/mol. The number of benzene rings is 1. The van der Waals surface area contributed by atoms with Crippen molar-refractivity contribution in [2.45, 2.75) is 25.8 Å². The maximum atomic E-state index is 12.3. The minimum absolute atomic E-state index is 0.196. The number of hydrogen-bond acceptors (Lipinski definition) is 5. The number of hydrogen-bond donors (Lipinski definition) is 2. The Hall–Kier alpha value is -3.00. The Balaban J connectivity index is 1.62. The van der Waals surface area contributed by atoms with Crippen molar-refractivity contribution in [1.82, 2.24) is 19.5 Å². The van der Waals surface area contributed by atoms with Gasteiger partial charge in [0.2, 0.25) is 5.91 Å². The molecule has 1 aromatic carbocycles. The third kappa shape index (κ3) is 3.61. The summed E-state index contributed by atoms with van der Waals surface area (Å²) in [7, 11) is 0. The molecule has 140 valence electrons. The Kier molecular flexibility index (Phi) is 4.72. The number of fused-ring (bicyclic) bond motifs is 1. The van der Waals surface area contributed by atoms with Crippen molar-refractivity contribution in [3.05, 3.63) is 46.5 Å². The first-order valence-electron chi connectivity index (χ1n) is 9.05. The summed E-state index contributed by atoms with van der Waals surface area (Å²) in [5.74, 6) is 0.0868. The van der Waals surface area contributed by atoms with Gasteiger partial charge in [0.1, 0.15) is 0 Å². The third-order valence-corrected chi connectivity index (χ3v) is 5.05. The molecule has 0 aliphatic carbocycles. The van der Waals surface area contributed by atoms with Crippen LogP contribution in [0.4, 0.5) is 0 Å². The number of carbonyl (C=O) groups excluding carboxylic acids is 1. The second-order valence-electron chi connectivity index (χ2n) is 6.80. The molecule has 1 fully saturated rings. The molecule has 4 rings (SSSR count). The van der Waals surface area contributed by atoms with E-state index in [1.807, 2.05) is 0 Å². The number of rotatable bonds is 5. The summed E-state index contributed by atoms with van der Waals surface area (Å²) in [5, 5.41) is 0. The molecule has 1 aliphatic rings. The van der Waals surface area contributed by atoms with Crippen LogP contribution in [0.25, 0.3) is 22.6 Å². The zero-order valence-corrected chi connectivity index (χ0v) is 14.9. The van der Waals surface area contributed by atoms with E-state index < -0.39 is 5.91 Å². The lowest BCUT2D eigenvalue weighted by molar-refractivity contribution is 0.0626. The number of carbonyl (C=O) groups is 1. The highest BCUT2D eigenvalue weighted by atomic mass is 16.5. The number of primary amides is 1. The number of nitrogens with one attached hydrogen (secondary N) is 1. The van der Waals surface area contributed by atoms with Crippen LogP contribution in [0, 0.1) is 5.92 Å². The average molecular weight is 367 g/mol. The minimum Gasteiger partial charge on any atom is -0.381 e. The molecule has 3 N–H and O–H groups in total. The smallest absolute Gasteiger partial charge is 0.328 e. The Morgan fingerprint density at radius 1 is 1.26 bits per heavy atom. The lowest BCUT2D eigenvalue weighted by Gasteiger charge is -2.21. The zero-order chi connectivity index (χ0) is 18.8. The Morgan fingerprint density at radius 3 is 2.70 bits per heavy atom. The van der Waals surface area contributed by atoms with Crippen molar-refractivity contribution >= 4 is 17.2 Å². The van der Waals surface area contributed by atoms with E-state index in [9.17, 15) is 9.59 Å². The molecule has 27 heavy (non-hydrogen) atoms. The zero-order valence-electron chi connectivity index (χ0n) is 14.9. The Bertz CT molecular complexity index is 1020. The van der Waals surface area contributed by atoms with Gasteiger partial charge in [-0.2, -0.15) is 0 Å². The normalized spacial score (nSPS) is 15.3. The molecule has 0 atom stereocenters. The monoisotopic (exact) mass is 367 g/mol. The van der Waals surface area contributed by atoms with Crippen molar-refractivity contribution in [3.8, 4) is 11.3 Å². The van der Waals surface area contributed by atoms with E-state index in [1.54, 1.807) is 35.0 Å². The number of aromatic amines is 1. The molecule has 0 bridgehead atoms. The molecule has 8 heteroatoms. The standard InChI is InChI=1S/C19H21N5O3/c20-16(25)14-3-1-13(2-4-14)15-11-21-17-18(22-15)24(19(26)23-17)8-5-12-6-9-27-10-7-12/h1-4,11-12H,5-10H2,(H2,20,25)(H,21,23,26). The number of H-pyrrole nitrogens is 1. The van der Waals surface area contributed by atoms with E-state index in [0.29, 0.717) is 35.0 Å². The molecular formula is C19H21N5O3. The maximum absolute atomic E-state index is 12.3. The first-order chi connectivity index (χ1) is 13.1. The second kappa shape index (κ2) is 7.32. The predicted octanol–water partition coefficient (Wildman–Crippen LogP) is 1.70. The van der Waals surface area contributed by atoms with Crippen molar-refractivity contribution in [2.24, 2.45) is 11.7 Å². The van der Waals surface area contributed by atoms with Crippen LogP contribution >= 0.6 is 0 Å². The van der Waals surface area contributed by atoms with Crippen LogP contribution < -0.4 is 11.4 Å². The molecule has 3 heterocycles. The van der Waals surface area contributed by atoms with Gasteiger partial charge in [0.05, 0.1) is 11.9 Å². The van der Waals surface area contributed by atoms with Gasteiger partial charge in [-0.1, -0.05) is 12.1 Å². The maximum Gasteiger partial charge on any atom is 0.328 e. The van der Waals surface area contributed by atoms with E-state index >= 15 is 0 Å². The fourth-order valence-corrected chi connectivity index (χ4v) is 3.42. The van der Waals surface area contributed by atoms with E-state index in [0.717, 1.165) is 38.0 Å². The summed E-state index contributed by atoms with van der Waals surface area (Å²) in [5.41, 5.74) is 7.98. The molecular weight excluding hydrogens is 346 g/mol.